The van der Waals surface area contributed by atoms with Crippen LogP contribution in [-0.4, -0.2) is 29.0 Å². The topological polar surface area (TPSA) is 49.7 Å². The van der Waals surface area contributed by atoms with Crippen molar-refractivity contribution in [3.05, 3.63) is 34.9 Å². The molecule has 19 heavy (non-hydrogen) atoms. The third kappa shape index (κ3) is 3.05. The zero-order valence-electron chi connectivity index (χ0n) is 9.74. The molecule has 0 aromatic heterocycles. The molecule has 0 radical (unpaired) electrons. The number of hydrogen-bond donors (Lipinski definition) is 2. The first kappa shape index (κ1) is 14.7. The van der Waals surface area contributed by atoms with Gasteiger partial charge < -0.3 is 14.9 Å². The highest BCUT2D eigenvalue weighted by atomic mass is 127. The molecule has 0 aliphatic carbocycles. The van der Waals surface area contributed by atoms with Gasteiger partial charge in [-0.15, -0.1) is 0 Å². The second-order valence-electron chi connectivity index (χ2n) is 4.22. The zero-order chi connectivity index (χ0) is 14.0. The minimum absolute atomic E-state index is 0.0799. The Labute approximate surface area is 122 Å². The van der Waals surface area contributed by atoms with E-state index in [9.17, 15) is 13.9 Å². The third-order valence-electron chi connectivity index (χ3n) is 3.02. The highest BCUT2D eigenvalue weighted by molar-refractivity contribution is 14.1. The molecule has 1 saturated heterocycles. The Balaban J connectivity index is 2.34. The molecule has 1 heterocycles. The van der Waals surface area contributed by atoms with Crippen LogP contribution in [0.4, 0.5) is 8.78 Å². The van der Waals surface area contributed by atoms with Gasteiger partial charge in [0.2, 0.25) is 0 Å². The van der Waals surface area contributed by atoms with Crippen LogP contribution in [0.25, 0.3) is 0 Å². The largest absolute Gasteiger partial charge is 0.394 e. The van der Waals surface area contributed by atoms with Gasteiger partial charge in [-0.2, -0.15) is 0 Å². The fourth-order valence-electron chi connectivity index (χ4n) is 2.05. The van der Waals surface area contributed by atoms with Gasteiger partial charge in [-0.1, -0.05) is 5.92 Å². The Bertz CT molecular complexity index is 539. The van der Waals surface area contributed by atoms with Crippen molar-refractivity contribution in [3.63, 3.8) is 0 Å². The number of rotatable bonds is 2. The number of ether oxygens (including phenoxy) is 1. The summed E-state index contributed by atoms with van der Waals surface area (Å²) in [6.07, 6.45) is -2.15. The quantitative estimate of drug-likeness (QED) is 0.609. The molecule has 2 rings (SSSR count). The summed E-state index contributed by atoms with van der Waals surface area (Å²) in [5.74, 6) is 1.05. The Kier molecular flexibility index (Phi) is 4.73. The van der Waals surface area contributed by atoms with E-state index in [1.807, 2.05) is 0 Å². The van der Waals surface area contributed by atoms with Crippen LogP contribution in [0.1, 0.15) is 23.7 Å². The molecule has 2 N–H and O–H groups in total. The van der Waals surface area contributed by atoms with E-state index in [1.54, 1.807) is 22.6 Å². The van der Waals surface area contributed by atoms with Gasteiger partial charge in [0, 0.05) is 40.6 Å². The summed E-state index contributed by atoms with van der Waals surface area (Å²) in [6.45, 7) is -0.346. The maximum absolute atomic E-state index is 13.8. The van der Waals surface area contributed by atoms with Crippen molar-refractivity contribution in [1.29, 1.82) is 0 Å². The van der Waals surface area contributed by atoms with Gasteiger partial charge in [-0.3, -0.25) is 0 Å². The van der Waals surface area contributed by atoms with E-state index in [1.165, 1.54) is 6.07 Å². The Hall–Kier alpha value is -0.750. The molecule has 0 spiro atoms. The minimum Gasteiger partial charge on any atom is -0.394 e. The van der Waals surface area contributed by atoms with E-state index in [0.29, 0.717) is 0 Å². The molecule has 102 valence electrons. The lowest BCUT2D eigenvalue weighted by Crippen LogP contribution is -2.24. The van der Waals surface area contributed by atoms with Crippen LogP contribution in [0.5, 0.6) is 0 Å². The fourth-order valence-corrected chi connectivity index (χ4v) is 2.34. The first-order chi connectivity index (χ1) is 9.06. The van der Waals surface area contributed by atoms with Gasteiger partial charge in [-0.05, 0) is 9.99 Å². The number of hydrogen-bond acceptors (Lipinski definition) is 3. The maximum Gasteiger partial charge on any atom is 0.141 e. The van der Waals surface area contributed by atoms with Crippen molar-refractivity contribution in [2.24, 2.45) is 0 Å². The monoisotopic (exact) mass is 380 g/mol. The second-order valence-corrected chi connectivity index (χ2v) is 4.76. The van der Waals surface area contributed by atoms with E-state index >= 15 is 0 Å². The predicted molar refractivity (Wildman–Crippen MR) is 72.6 cm³/mol. The van der Waals surface area contributed by atoms with Crippen molar-refractivity contribution in [2.75, 3.05) is 6.61 Å². The lowest BCUT2D eigenvalue weighted by molar-refractivity contribution is -0.0233. The number of aliphatic hydroxyl groups excluding tert-OH is 2. The lowest BCUT2D eigenvalue weighted by Gasteiger charge is -2.13. The van der Waals surface area contributed by atoms with E-state index in [2.05, 4.69) is 9.85 Å². The average Bonchev–Trinajstić information content (AvgIpc) is 2.74. The van der Waals surface area contributed by atoms with Crippen molar-refractivity contribution in [2.45, 2.75) is 24.7 Å². The van der Waals surface area contributed by atoms with Crippen LogP contribution in [0.15, 0.2) is 12.1 Å². The van der Waals surface area contributed by atoms with Crippen molar-refractivity contribution < 1.29 is 23.7 Å². The molecule has 1 aromatic carbocycles. The van der Waals surface area contributed by atoms with E-state index in [0.717, 1.165) is 6.07 Å². The van der Waals surface area contributed by atoms with Crippen molar-refractivity contribution in [3.8, 4) is 9.85 Å². The number of halogens is 3. The van der Waals surface area contributed by atoms with Gasteiger partial charge in [-0.25, -0.2) is 8.78 Å². The Morgan fingerprint density at radius 1 is 1.37 bits per heavy atom. The molecule has 1 aromatic rings. The molecule has 1 aliphatic rings. The SMILES string of the molecule is OC[C@H]1O[C@@H](c2cc(C#CI)c(F)cc2F)C[C@@H]1O. The van der Waals surface area contributed by atoms with E-state index in [-0.39, 0.29) is 24.2 Å². The van der Waals surface area contributed by atoms with Crippen molar-refractivity contribution >= 4 is 22.6 Å². The third-order valence-corrected chi connectivity index (χ3v) is 3.29. The lowest BCUT2D eigenvalue weighted by atomic mass is 10.0. The molecule has 0 saturated carbocycles. The number of aliphatic hydroxyl groups is 2. The summed E-state index contributed by atoms with van der Waals surface area (Å²) in [5.41, 5.74) is 0.224. The fraction of sp³-hybridized carbons (Fsp3) is 0.385. The molecule has 0 unspecified atom stereocenters. The van der Waals surface area contributed by atoms with Gasteiger partial charge in [0.05, 0.1) is 24.4 Å². The molecule has 3 atom stereocenters. The molecular formula is C13H11F2IO3. The van der Waals surface area contributed by atoms with Gasteiger partial charge >= 0.3 is 0 Å². The minimum atomic E-state index is -0.862. The standard InChI is InChI=1S/C13H11F2IO3/c14-9-4-10(15)8(3-7(9)1-2-16)12-5-11(18)13(6-17)19-12/h3-4,11-13,17-18H,5-6H2/t11-,12+,13+/m0/s1. The first-order valence-corrected chi connectivity index (χ1v) is 6.69. The van der Waals surface area contributed by atoms with Crippen molar-refractivity contribution in [1.82, 2.24) is 0 Å². The molecular weight excluding hydrogens is 369 g/mol. The van der Waals surface area contributed by atoms with Crippen LogP contribution in [0.3, 0.4) is 0 Å². The smallest absolute Gasteiger partial charge is 0.141 e. The Morgan fingerprint density at radius 3 is 2.68 bits per heavy atom. The first-order valence-electron chi connectivity index (χ1n) is 5.61. The van der Waals surface area contributed by atoms with Crippen LogP contribution >= 0.6 is 22.6 Å². The van der Waals surface area contributed by atoms with Gasteiger partial charge in [0.15, 0.2) is 0 Å². The molecule has 0 bridgehead atoms. The summed E-state index contributed by atoms with van der Waals surface area (Å²) < 4.78 is 35.1. The summed E-state index contributed by atoms with van der Waals surface area (Å²) in [5, 5.41) is 18.6. The summed E-state index contributed by atoms with van der Waals surface area (Å²) in [7, 11) is 0. The Morgan fingerprint density at radius 2 is 2.11 bits per heavy atom. The van der Waals surface area contributed by atoms with E-state index < -0.39 is 29.9 Å². The van der Waals surface area contributed by atoms with Crippen LogP contribution in [0, 0.1) is 21.5 Å². The zero-order valence-corrected chi connectivity index (χ0v) is 11.9. The summed E-state index contributed by atoms with van der Waals surface area (Å²) >= 11 is 1.76. The average molecular weight is 380 g/mol. The molecule has 1 fully saturated rings. The molecule has 1 aliphatic heterocycles. The van der Waals surface area contributed by atoms with Gasteiger partial charge in [0.25, 0.3) is 0 Å². The summed E-state index contributed by atoms with van der Waals surface area (Å²) in [6, 6.07) is 2.04. The molecule has 6 heteroatoms. The van der Waals surface area contributed by atoms with Crippen LogP contribution in [-0.2, 0) is 4.74 Å². The maximum atomic E-state index is 13.8. The highest BCUT2D eigenvalue weighted by Gasteiger charge is 2.35. The van der Waals surface area contributed by atoms with E-state index in [4.69, 9.17) is 9.84 Å². The molecule has 3 nitrogen and oxygen atoms in total. The summed E-state index contributed by atoms with van der Waals surface area (Å²) in [4.78, 5) is 0. The number of benzene rings is 1. The van der Waals surface area contributed by atoms with Crippen LogP contribution < -0.4 is 0 Å². The second kappa shape index (κ2) is 6.13. The van der Waals surface area contributed by atoms with Crippen LogP contribution in [0.2, 0.25) is 0 Å². The highest BCUT2D eigenvalue weighted by Crippen LogP contribution is 2.35. The molecule has 0 amide bonds. The van der Waals surface area contributed by atoms with Gasteiger partial charge in [0.1, 0.15) is 17.7 Å². The normalized spacial score (nSPS) is 26.1. The predicted octanol–water partition coefficient (Wildman–Crippen LogP) is 1.89.